The molecule has 1 heterocycles. The molecule has 0 bridgehead atoms. The molecular formula is C11H16N2O3S. The van der Waals surface area contributed by atoms with E-state index in [0.29, 0.717) is 17.9 Å². The van der Waals surface area contributed by atoms with E-state index in [1.807, 2.05) is 0 Å². The lowest BCUT2D eigenvalue weighted by atomic mass is 10.2. The van der Waals surface area contributed by atoms with Crippen LogP contribution in [0.3, 0.4) is 0 Å². The third kappa shape index (κ3) is 2.82. The Kier molecular flexibility index (Phi) is 3.15. The van der Waals surface area contributed by atoms with E-state index in [0.717, 1.165) is 5.69 Å². The van der Waals surface area contributed by atoms with Crippen LogP contribution in [-0.4, -0.2) is 33.1 Å². The molecule has 5 nitrogen and oxygen atoms in total. The van der Waals surface area contributed by atoms with Gasteiger partial charge < -0.3 is 15.8 Å². The van der Waals surface area contributed by atoms with Crippen molar-refractivity contribution in [3.8, 4) is 5.75 Å². The summed E-state index contributed by atoms with van der Waals surface area (Å²) in [5.41, 5.74) is 7.14. The van der Waals surface area contributed by atoms with Crippen molar-refractivity contribution in [1.29, 1.82) is 0 Å². The van der Waals surface area contributed by atoms with Crippen molar-refractivity contribution in [3.05, 3.63) is 18.2 Å². The fourth-order valence-corrected chi connectivity index (χ4v) is 3.59. The molecule has 1 fully saturated rings. The van der Waals surface area contributed by atoms with E-state index in [1.54, 1.807) is 25.3 Å². The topological polar surface area (TPSA) is 81.4 Å². The summed E-state index contributed by atoms with van der Waals surface area (Å²) in [6, 6.07) is 5.23. The minimum absolute atomic E-state index is 0.0607. The highest BCUT2D eigenvalue weighted by Gasteiger charge is 2.27. The van der Waals surface area contributed by atoms with Crippen LogP contribution in [0.15, 0.2) is 18.2 Å². The lowest BCUT2D eigenvalue weighted by Crippen LogP contribution is -2.21. The molecule has 0 spiro atoms. The first kappa shape index (κ1) is 12.0. The first-order valence-corrected chi connectivity index (χ1v) is 7.23. The maximum atomic E-state index is 11.3. The molecular weight excluding hydrogens is 240 g/mol. The molecule has 1 atom stereocenters. The van der Waals surface area contributed by atoms with Gasteiger partial charge in [-0.25, -0.2) is 8.42 Å². The Balaban J connectivity index is 2.13. The molecule has 0 aliphatic carbocycles. The van der Waals surface area contributed by atoms with Crippen LogP contribution in [0.4, 0.5) is 11.4 Å². The quantitative estimate of drug-likeness (QED) is 0.784. The molecule has 1 aromatic rings. The number of rotatable bonds is 3. The molecule has 1 aliphatic rings. The van der Waals surface area contributed by atoms with Gasteiger partial charge in [-0.1, -0.05) is 0 Å². The summed E-state index contributed by atoms with van der Waals surface area (Å²) >= 11 is 0. The Morgan fingerprint density at radius 2 is 2.24 bits per heavy atom. The van der Waals surface area contributed by atoms with Gasteiger partial charge in [0, 0.05) is 12.1 Å². The molecule has 6 heteroatoms. The number of anilines is 2. The Bertz CT molecular complexity index is 513. The maximum absolute atomic E-state index is 11.3. The normalized spacial score (nSPS) is 22.3. The van der Waals surface area contributed by atoms with Gasteiger partial charge in [0.15, 0.2) is 9.84 Å². The number of ether oxygens (including phenoxy) is 1. The maximum Gasteiger partial charge on any atom is 0.152 e. The fraction of sp³-hybridized carbons (Fsp3) is 0.455. The zero-order chi connectivity index (χ0) is 12.5. The largest absolute Gasteiger partial charge is 0.497 e. The van der Waals surface area contributed by atoms with Crippen molar-refractivity contribution in [1.82, 2.24) is 0 Å². The molecule has 1 unspecified atom stereocenters. The third-order valence-corrected chi connectivity index (χ3v) is 4.62. The van der Waals surface area contributed by atoms with Gasteiger partial charge in [-0.2, -0.15) is 0 Å². The summed E-state index contributed by atoms with van der Waals surface area (Å²) in [5.74, 6) is 1.11. The average Bonchev–Trinajstić information content (AvgIpc) is 2.61. The van der Waals surface area contributed by atoms with E-state index in [9.17, 15) is 8.42 Å². The van der Waals surface area contributed by atoms with Gasteiger partial charge in [0.1, 0.15) is 5.75 Å². The van der Waals surface area contributed by atoms with E-state index in [1.165, 1.54) is 0 Å². The van der Waals surface area contributed by atoms with Crippen LogP contribution in [0.1, 0.15) is 6.42 Å². The van der Waals surface area contributed by atoms with Gasteiger partial charge in [0.2, 0.25) is 0 Å². The van der Waals surface area contributed by atoms with Crippen LogP contribution in [0.5, 0.6) is 5.75 Å². The predicted molar refractivity (Wildman–Crippen MR) is 68.1 cm³/mol. The highest BCUT2D eigenvalue weighted by atomic mass is 32.2. The van der Waals surface area contributed by atoms with E-state index < -0.39 is 9.84 Å². The second-order valence-corrected chi connectivity index (χ2v) is 6.43. The summed E-state index contributed by atoms with van der Waals surface area (Å²) in [7, 11) is -1.30. The van der Waals surface area contributed by atoms with E-state index in [2.05, 4.69) is 5.32 Å². The van der Waals surface area contributed by atoms with E-state index in [4.69, 9.17) is 10.5 Å². The average molecular weight is 256 g/mol. The minimum Gasteiger partial charge on any atom is -0.497 e. The molecule has 1 saturated heterocycles. The molecule has 94 valence electrons. The van der Waals surface area contributed by atoms with Gasteiger partial charge in [-0.05, 0) is 18.6 Å². The van der Waals surface area contributed by atoms with Crippen molar-refractivity contribution < 1.29 is 13.2 Å². The van der Waals surface area contributed by atoms with Gasteiger partial charge >= 0.3 is 0 Å². The summed E-state index contributed by atoms with van der Waals surface area (Å²) in [6.45, 7) is 0. The molecule has 0 saturated carbocycles. The monoisotopic (exact) mass is 256 g/mol. The number of nitrogens with two attached hydrogens (primary N) is 1. The Morgan fingerprint density at radius 1 is 1.47 bits per heavy atom. The van der Waals surface area contributed by atoms with Crippen LogP contribution in [0.25, 0.3) is 0 Å². The SMILES string of the molecule is COc1ccc(N)c(NC2CCS(=O)(=O)C2)c1. The predicted octanol–water partition coefficient (Wildman–Crippen LogP) is 0.876. The summed E-state index contributed by atoms with van der Waals surface area (Å²) in [6.07, 6.45) is 0.624. The summed E-state index contributed by atoms with van der Waals surface area (Å²) in [5, 5.41) is 3.16. The molecule has 1 aliphatic heterocycles. The third-order valence-electron chi connectivity index (χ3n) is 2.85. The summed E-state index contributed by atoms with van der Waals surface area (Å²) in [4.78, 5) is 0. The number of sulfone groups is 1. The van der Waals surface area contributed by atoms with Gasteiger partial charge in [-0.3, -0.25) is 0 Å². The number of benzene rings is 1. The van der Waals surface area contributed by atoms with Crippen LogP contribution >= 0.6 is 0 Å². The van der Waals surface area contributed by atoms with Crippen molar-refractivity contribution in [3.63, 3.8) is 0 Å². The van der Waals surface area contributed by atoms with Crippen molar-refractivity contribution in [2.24, 2.45) is 0 Å². The molecule has 17 heavy (non-hydrogen) atoms. The number of methoxy groups -OCH3 is 1. The molecule has 3 N–H and O–H groups in total. The number of nitrogens with one attached hydrogen (secondary N) is 1. The van der Waals surface area contributed by atoms with Gasteiger partial charge in [-0.15, -0.1) is 0 Å². The standard InChI is InChI=1S/C11H16N2O3S/c1-16-9-2-3-10(12)11(6-9)13-8-4-5-17(14,15)7-8/h2-3,6,8,13H,4-5,7,12H2,1H3. The minimum atomic E-state index is -2.88. The second-order valence-electron chi connectivity index (χ2n) is 4.20. The highest BCUT2D eigenvalue weighted by Crippen LogP contribution is 2.26. The number of hydrogen-bond acceptors (Lipinski definition) is 5. The van der Waals surface area contributed by atoms with Crippen LogP contribution in [-0.2, 0) is 9.84 Å². The Labute approximate surface area is 101 Å². The fourth-order valence-electron chi connectivity index (χ4n) is 1.92. The zero-order valence-corrected chi connectivity index (χ0v) is 10.5. The van der Waals surface area contributed by atoms with Gasteiger partial charge in [0.05, 0.1) is 30.0 Å². The molecule has 2 rings (SSSR count). The Hall–Kier alpha value is -1.43. The molecule has 0 aromatic heterocycles. The lowest BCUT2D eigenvalue weighted by Gasteiger charge is -2.15. The first-order chi connectivity index (χ1) is 8.00. The molecule has 1 aromatic carbocycles. The molecule has 0 amide bonds. The van der Waals surface area contributed by atoms with E-state index in [-0.39, 0.29) is 17.5 Å². The zero-order valence-electron chi connectivity index (χ0n) is 9.64. The second kappa shape index (κ2) is 4.44. The van der Waals surface area contributed by atoms with Crippen molar-refractivity contribution in [2.75, 3.05) is 29.7 Å². The van der Waals surface area contributed by atoms with Gasteiger partial charge in [0.25, 0.3) is 0 Å². The lowest BCUT2D eigenvalue weighted by molar-refractivity contribution is 0.415. The van der Waals surface area contributed by atoms with Crippen LogP contribution < -0.4 is 15.8 Å². The van der Waals surface area contributed by atoms with E-state index >= 15 is 0 Å². The smallest absolute Gasteiger partial charge is 0.152 e. The number of hydrogen-bond donors (Lipinski definition) is 2. The van der Waals surface area contributed by atoms with Crippen LogP contribution in [0, 0.1) is 0 Å². The number of nitrogen functional groups attached to an aromatic ring is 1. The van der Waals surface area contributed by atoms with Crippen molar-refractivity contribution in [2.45, 2.75) is 12.5 Å². The highest BCUT2D eigenvalue weighted by molar-refractivity contribution is 7.91. The Morgan fingerprint density at radius 3 is 2.82 bits per heavy atom. The first-order valence-electron chi connectivity index (χ1n) is 5.40. The summed E-state index contributed by atoms with van der Waals surface area (Å²) < 4.78 is 27.8. The molecule has 0 radical (unpaired) electrons. The van der Waals surface area contributed by atoms with Crippen molar-refractivity contribution >= 4 is 21.2 Å². The van der Waals surface area contributed by atoms with Crippen LogP contribution in [0.2, 0.25) is 0 Å².